The number of aryl methyl sites for hydroxylation is 1. The molecular weight excluding hydrogens is 419 g/mol. The zero-order chi connectivity index (χ0) is 24.0. The summed E-state index contributed by atoms with van der Waals surface area (Å²) in [6.45, 7) is 7.15. The highest BCUT2D eigenvalue weighted by atomic mass is 19.1. The molecule has 0 aliphatic heterocycles. The number of nitrogens with one attached hydrogen (secondary N) is 3. The maximum atomic E-state index is 14.1. The number of aliphatic imine (C=N–C) groups is 1. The molecule has 8 heteroatoms. The zero-order valence-corrected chi connectivity index (χ0v) is 18.7. The molecule has 0 saturated heterocycles. The molecule has 1 aliphatic carbocycles. The van der Waals surface area contributed by atoms with Gasteiger partial charge in [-0.25, -0.2) is 4.39 Å². The lowest BCUT2D eigenvalue weighted by atomic mass is 10.1. The number of carbonyl (C=O) groups excluding carboxylic acids is 1. The number of nitrogens with zero attached hydrogens (tertiary/aromatic N) is 3. The maximum Gasteiger partial charge on any atom is 0.274 e. The highest BCUT2D eigenvalue weighted by Gasteiger charge is 2.30. The monoisotopic (exact) mass is 446 g/mol. The first-order valence-electron chi connectivity index (χ1n) is 10.7. The SMILES string of the molecule is C=CN=C(/C=C(\C)c1cnc(CC)c(F)c1)C(=O)Nc1cccc(C(=N)N(C=N)C2CC2)c1. The number of aromatic nitrogens is 1. The van der Waals surface area contributed by atoms with Crippen LogP contribution in [0, 0.1) is 16.6 Å². The summed E-state index contributed by atoms with van der Waals surface area (Å²) >= 11 is 0. The molecule has 33 heavy (non-hydrogen) atoms. The number of benzene rings is 1. The van der Waals surface area contributed by atoms with Crippen LogP contribution >= 0.6 is 0 Å². The van der Waals surface area contributed by atoms with E-state index in [4.69, 9.17) is 10.8 Å². The van der Waals surface area contributed by atoms with Gasteiger partial charge >= 0.3 is 0 Å². The number of rotatable bonds is 9. The largest absolute Gasteiger partial charge is 0.321 e. The maximum absolute atomic E-state index is 14.1. The summed E-state index contributed by atoms with van der Waals surface area (Å²) in [6.07, 6.45) is 7.97. The van der Waals surface area contributed by atoms with Gasteiger partial charge in [0.05, 0.1) is 12.0 Å². The Labute approximate surface area is 192 Å². The molecule has 1 aromatic heterocycles. The van der Waals surface area contributed by atoms with Crippen LogP contribution in [0.3, 0.4) is 0 Å². The van der Waals surface area contributed by atoms with Crippen molar-refractivity contribution >= 4 is 35.1 Å². The molecule has 1 aliphatic rings. The molecule has 1 saturated carbocycles. The average Bonchev–Trinajstić information content (AvgIpc) is 3.64. The van der Waals surface area contributed by atoms with Crippen LogP contribution in [-0.4, -0.2) is 39.7 Å². The fraction of sp³-hybridized carbons (Fsp3) is 0.240. The van der Waals surface area contributed by atoms with Crippen LogP contribution in [0.15, 0.2) is 60.4 Å². The van der Waals surface area contributed by atoms with Gasteiger partial charge < -0.3 is 10.2 Å². The highest BCUT2D eigenvalue weighted by Crippen LogP contribution is 2.27. The van der Waals surface area contributed by atoms with E-state index in [0.29, 0.717) is 34.5 Å². The summed E-state index contributed by atoms with van der Waals surface area (Å²) in [6, 6.07) is 8.49. The van der Waals surface area contributed by atoms with E-state index < -0.39 is 5.91 Å². The van der Waals surface area contributed by atoms with Crippen LogP contribution in [0.25, 0.3) is 5.57 Å². The molecule has 3 rings (SSSR count). The Morgan fingerprint density at radius 3 is 2.73 bits per heavy atom. The number of allylic oxidation sites excluding steroid dienone is 1. The van der Waals surface area contributed by atoms with Gasteiger partial charge in [-0.2, -0.15) is 0 Å². The first-order valence-corrected chi connectivity index (χ1v) is 10.7. The Morgan fingerprint density at radius 1 is 1.36 bits per heavy atom. The van der Waals surface area contributed by atoms with Crippen molar-refractivity contribution in [2.75, 3.05) is 5.32 Å². The molecule has 0 spiro atoms. The summed E-state index contributed by atoms with van der Waals surface area (Å²) in [7, 11) is 0. The average molecular weight is 447 g/mol. The number of hydrogen-bond donors (Lipinski definition) is 3. The Morgan fingerprint density at radius 2 is 2.12 bits per heavy atom. The van der Waals surface area contributed by atoms with Crippen LogP contribution in [0.5, 0.6) is 0 Å². The summed E-state index contributed by atoms with van der Waals surface area (Å²) in [5.74, 6) is -0.647. The van der Waals surface area contributed by atoms with Gasteiger partial charge in [-0.1, -0.05) is 25.6 Å². The second-order valence-electron chi connectivity index (χ2n) is 7.68. The van der Waals surface area contributed by atoms with Gasteiger partial charge in [0.2, 0.25) is 0 Å². The minimum atomic E-state index is -0.470. The second kappa shape index (κ2) is 10.6. The van der Waals surface area contributed by atoms with Crippen molar-refractivity contribution in [3.8, 4) is 0 Å². The summed E-state index contributed by atoms with van der Waals surface area (Å²) in [5, 5.41) is 18.8. The molecule has 0 atom stereocenters. The standard InChI is InChI=1S/C25H27FN6O/c1-4-22-21(26)13-18(14-30-22)16(3)11-23(29-5-2)25(33)31-19-8-6-7-17(12-19)24(28)32(15-27)20-9-10-20/h5-8,11-15,20,27-28H,2,4,9-10H2,1,3H3,(H,31,33)/b16-11+,27-15?,28-24?,29-23?. The van der Waals surface area contributed by atoms with Crippen LogP contribution in [0.2, 0.25) is 0 Å². The van der Waals surface area contributed by atoms with Crippen molar-refractivity contribution in [2.45, 2.75) is 39.2 Å². The highest BCUT2D eigenvalue weighted by molar-refractivity contribution is 6.48. The lowest BCUT2D eigenvalue weighted by molar-refractivity contribution is -0.110. The third-order valence-corrected chi connectivity index (χ3v) is 5.26. The van der Waals surface area contributed by atoms with Crippen LogP contribution in [0.1, 0.15) is 43.5 Å². The van der Waals surface area contributed by atoms with E-state index >= 15 is 0 Å². The van der Waals surface area contributed by atoms with Gasteiger partial charge in [0, 0.05) is 29.7 Å². The molecule has 1 amide bonds. The topological polar surface area (TPSA) is 105 Å². The number of anilines is 1. The lowest BCUT2D eigenvalue weighted by Crippen LogP contribution is -2.31. The molecule has 0 bridgehead atoms. The van der Waals surface area contributed by atoms with E-state index in [1.165, 1.54) is 18.6 Å². The number of carbonyl (C=O) groups is 1. The van der Waals surface area contributed by atoms with Gasteiger partial charge in [0.25, 0.3) is 5.91 Å². The van der Waals surface area contributed by atoms with Gasteiger partial charge in [-0.05, 0) is 61.6 Å². The normalized spacial score (nSPS) is 13.9. The summed E-state index contributed by atoms with van der Waals surface area (Å²) < 4.78 is 14.1. The Hall–Kier alpha value is -3.94. The van der Waals surface area contributed by atoms with Crippen molar-refractivity contribution in [3.63, 3.8) is 0 Å². The molecule has 1 fully saturated rings. The number of amidine groups is 1. The Kier molecular flexibility index (Phi) is 7.61. The smallest absolute Gasteiger partial charge is 0.274 e. The van der Waals surface area contributed by atoms with Crippen molar-refractivity contribution in [1.82, 2.24) is 9.88 Å². The fourth-order valence-electron chi connectivity index (χ4n) is 3.28. The van der Waals surface area contributed by atoms with Gasteiger partial charge in [0.1, 0.15) is 17.4 Å². The predicted molar refractivity (Wildman–Crippen MR) is 130 cm³/mol. The molecule has 3 N–H and O–H groups in total. The number of halogens is 1. The Balaban J connectivity index is 1.79. The molecule has 0 radical (unpaired) electrons. The molecule has 170 valence electrons. The van der Waals surface area contributed by atoms with Crippen LogP contribution < -0.4 is 5.32 Å². The van der Waals surface area contributed by atoms with E-state index in [2.05, 4.69) is 21.9 Å². The molecule has 1 aromatic carbocycles. The van der Waals surface area contributed by atoms with Crippen LogP contribution in [-0.2, 0) is 11.2 Å². The zero-order valence-electron chi connectivity index (χ0n) is 18.7. The minimum absolute atomic E-state index is 0.0991. The summed E-state index contributed by atoms with van der Waals surface area (Å²) in [5.41, 5.74) is 2.75. The first kappa shape index (κ1) is 23.7. The third kappa shape index (κ3) is 5.85. The fourth-order valence-corrected chi connectivity index (χ4v) is 3.28. The van der Waals surface area contributed by atoms with E-state index in [-0.39, 0.29) is 23.4 Å². The quantitative estimate of drug-likeness (QED) is 0.380. The summed E-state index contributed by atoms with van der Waals surface area (Å²) in [4.78, 5) is 22.7. The lowest BCUT2D eigenvalue weighted by Gasteiger charge is -2.19. The van der Waals surface area contributed by atoms with E-state index in [1.54, 1.807) is 48.4 Å². The predicted octanol–water partition coefficient (Wildman–Crippen LogP) is 4.81. The van der Waals surface area contributed by atoms with Crippen molar-refractivity contribution in [3.05, 3.63) is 78.0 Å². The molecule has 1 heterocycles. The van der Waals surface area contributed by atoms with Crippen molar-refractivity contribution < 1.29 is 9.18 Å². The number of pyridine rings is 1. The van der Waals surface area contributed by atoms with Crippen molar-refractivity contribution in [1.29, 1.82) is 10.8 Å². The third-order valence-electron chi connectivity index (χ3n) is 5.26. The van der Waals surface area contributed by atoms with E-state index in [0.717, 1.165) is 12.8 Å². The first-order chi connectivity index (χ1) is 15.9. The number of amides is 1. The van der Waals surface area contributed by atoms with E-state index in [1.807, 2.05) is 6.92 Å². The van der Waals surface area contributed by atoms with Gasteiger partial charge in [-0.3, -0.25) is 25.6 Å². The van der Waals surface area contributed by atoms with E-state index in [9.17, 15) is 9.18 Å². The van der Waals surface area contributed by atoms with Gasteiger partial charge in [0.15, 0.2) is 0 Å². The molecular formula is C25H27FN6O. The minimum Gasteiger partial charge on any atom is -0.321 e. The second-order valence-corrected chi connectivity index (χ2v) is 7.68. The Bertz CT molecular complexity index is 1150. The molecule has 0 unspecified atom stereocenters. The van der Waals surface area contributed by atoms with Crippen LogP contribution in [0.4, 0.5) is 10.1 Å². The molecule has 2 aromatic rings. The molecule has 7 nitrogen and oxygen atoms in total. The number of hydrogen-bond acceptors (Lipinski definition) is 5. The van der Waals surface area contributed by atoms with Gasteiger partial charge in [-0.15, -0.1) is 0 Å². The van der Waals surface area contributed by atoms with Crippen molar-refractivity contribution in [2.24, 2.45) is 4.99 Å².